The highest BCUT2D eigenvalue weighted by Crippen LogP contribution is 2.35. The number of ether oxygens (including phenoxy) is 2. The van der Waals surface area contributed by atoms with Gasteiger partial charge in [-0.1, -0.05) is 32.1 Å². The summed E-state index contributed by atoms with van der Waals surface area (Å²) in [6.07, 6.45) is 6.75. The van der Waals surface area contributed by atoms with Gasteiger partial charge in [0.25, 0.3) is 0 Å². The van der Waals surface area contributed by atoms with Crippen LogP contribution in [0, 0.1) is 5.92 Å². The Labute approximate surface area is 128 Å². The molecule has 2 rings (SSSR count). The molecule has 1 aliphatic carbocycles. The molecule has 0 atom stereocenters. The molecule has 3 nitrogen and oxygen atoms in total. The number of carbonyl (C=O) groups is 1. The Morgan fingerprint density at radius 3 is 2.40 bits per heavy atom. The van der Waals surface area contributed by atoms with Gasteiger partial charge in [-0.25, -0.2) is 0 Å². The first-order valence-electron chi connectivity index (χ1n) is 7.10. The van der Waals surface area contributed by atoms with E-state index in [1.54, 1.807) is 26.4 Å². The molecule has 1 aromatic carbocycles. The summed E-state index contributed by atoms with van der Waals surface area (Å²) in [6.45, 7) is 0. The third-order valence-corrected chi connectivity index (χ3v) is 4.59. The van der Waals surface area contributed by atoms with Crippen LogP contribution in [0.25, 0.3) is 0 Å². The number of ketones is 1. The lowest BCUT2D eigenvalue weighted by Gasteiger charge is -2.21. The number of hydrogen-bond acceptors (Lipinski definition) is 3. The van der Waals surface area contributed by atoms with E-state index in [1.807, 2.05) is 0 Å². The largest absolute Gasteiger partial charge is 0.496 e. The number of halogens is 1. The van der Waals surface area contributed by atoms with E-state index in [0.717, 1.165) is 4.47 Å². The van der Waals surface area contributed by atoms with Crippen LogP contribution in [-0.2, 0) is 0 Å². The Bertz CT molecular complexity index is 479. The monoisotopic (exact) mass is 340 g/mol. The van der Waals surface area contributed by atoms with E-state index in [0.29, 0.717) is 29.4 Å². The van der Waals surface area contributed by atoms with Crippen molar-refractivity contribution in [3.63, 3.8) is 0 Å². The number of methoxy groups -OCH3 is 2. The van der Waals surface area contributed by atoms with Gasteiger partial charge in [-0.15, -0.1) is 0 Å². The minimum absolute atomic E-state index is 0.152. The van der Waals surface area contributed by atoms with Crippen molar-refractivity contribution in [2.75, 3.05) is 14.2 Å². The van der Waals surface area contributed by atoms with Crippen LogP contribution in [0.15, 0.2) is 16.6 Å². The summed E-state index contributed by atoms with van der Waals surface area (Å²) in [5.41, 5.74) is 0.623. The van der Waals surface area contributed by atoms with Crippen LogP contribution in [-0.4, -0.2) is 20.0 Å². The van der Waals surface area contributed by atoms with Gasteiger partial charge in [-0.3, -0.25) is 4.79 Å². The van der Waals surface area contributed by atoms with Crippen LogP contribution in [0.4, 0.5) is 0 Å². The van der Waals surface area contributed by atoms with Gasteiger partial charge in [0.1, 0.15) is 11.5 Å². The summed E-state index contributed by atoms with van der Waals surface area (Å²) in [4.78, 5) is 12.5. The molecule has 0 amide bonds. The number of benzene rings is 1. The summed E-state index contributed by atoms with van der Waals surface area (Å²) in [5.74, 6) is 1.95. The first-order chi connectivity index (χ1) is 9.65. The zero-order valence-corrected chi connectivity index (χ0v) is 13.7. The Morgan fingerprint density at radius 1 is 1.15 bits per heavy atom. The van der Waals surface area contributed by atoms with Gasteiger partial charge in [0, 0.05) is 6.42 Å². The topological polar surface area (TPSA) is 35.5 Å². The lowest BCUT2D eigenvalue weighted by atomic mass is 9.84. The molecule has 1 saturated carbocycles. The molecule has 1 fully saturated rings. The fraction of sp³-hybridized carbons (Fsp3) is 0.562. The molecule has 110 valence electrons. The quantitative estimate of drug-likeness (QED) is 0.733. The van der Waals surface area contributed by atoms with E-state index < -0.39 is 0 Å². The predicted molar refractivity (Wildman–Crippen MR) is 82.8 cm³/mol. The second kappa shape index (κ2) is 7.11. The second-order valence-electron chi connectivity index (χ2n) is 5.32. The molecular weight excluding hydrogens is 320 g/mol. The smallest absolute Gasteiger partial charge is 0.167 e. The van der Waals surface area contributed by atoms with Gasteiger partial charge >= 0.3 is 0 Å². The summed E-state index contributed by atoms with van der Waals surface area (Å²) < 4.78 is 11.4. The van der Waals surface area contributed by atoms with Crippen molar-refractivity contribution < 1.29 is 14.3 Å². The maximum absolute atomic E-state index is 12.5. The average molecular weight is 341 g/mol. The van der Waals surface area contributed by atoms with Crippen LogP contribution < -0.4 is 9.47 Å². The highest BCUT2D eigenvalue weighted by atomic mass is 79.9. The highest BCUT2D eigenvalue weighted by Gasteiger charge is 2.21. The van der Waals surface area contributed by atoms with Crippen molar-refractivity contribution >= 4 is 21.7 Å². The average Bonchev–Trinajstić information content (AvgIpc) is 2.47. The van der Waals surface area contributed by atoms with E-state index >= 15 is 0 Å². The molecule has 0 N–H and O–H groups in total. The molecule has 0 spiro atoms. The van der Waals surface area contributed by atoms with Crippen LogP contribution in [0.3, 0.4) is 0 Å². The van der Waals surface area contributed by atoms with Crippen LogP contribution in [0.1, 0.15) is 48.9 Å². The molecule has 1 aromatic rings. The van der Waals surface area contributed by atoms with Crippen molar-refractivity contribution in [3.05, 3.63) is 22.2 Å². The van der Waals surface area contributed by atoms with E-state index in [2.05, 4.69) is 15.9 Å². The summed E-state index contributed by atoms with van der Waals surface area (Å²) in [5, 5.41) is 0. The molecule has 4 heteroatoms. The molecule has 20 heavy (non-hydrogen) atoms. The lowest BCUT2D eigenvalue weighted by molar-refractivity contribution is 0.0947. The van der Waals surface area contributed by atoms with Crippen molar-refractivity contribution in [1.82, 2.24) is 0 Å². The zero-order valence-electron chi connectivity index (χ0n) is 12.1. The molecular formula is C16H21BrO3. The summed E-state index contributed by atoms with van der Waals surface area (Å²) in [6, 6.07) is 3.57. The van der Waals surface area contributed by atoms with Gasteiger partial charge in [-0.05, 0) is 34.0 Å². The minimum Gasteiger partial charge on any atom is -0.496 e. The molecule has 0 aliphatic heterocycles. The number of Topliss-reactive ketones (excluding diaryl/α,β-unsaturated/α-hetero) is 1. The van der Waals surface area contributed by atoms with Crippen molar-refractivity contribution in [2.45, 2.75) is 38.5 Å². The summed E-state index contributed by atoms with van der Waals surface area (Å²) in [7, 11) is 3.19. The molecule has 0 bridgehead atoms. The standard InChI is InChI=1S/C16H21BrO3/c1-19-15-10-13(17)16(20-2)9-12(15)14(18)8-11-6-4-3-5-7-11/h9-11H,3-8H2,1-2H3. The minimum atomic E-state index is 0.152. The second-order valence-corrected chi connectivity index (χ2v) is 6.17. The molecule has 0 radical (unpaired) electrons. The lowest BCUT2D eigenvalue weighted by Crippen LogP contribution is -2.13. The zero-order chi connectivity index (χ0) is 14.5. The number of rotatable bonds is 5. The van der Waals surface area contributed by atoms with E-state index in [-0.39, 0.29) is 5.78 Å². The van der Waals surface area contributed by atoms with Crippen molar-refractivity contribution in [3.8, 4) is 11.5 Å². The normalized spacial score (nSPS) is 15.9. The maximum Gasteiger partial charge on any atom is 0.167 e. The SMILES string of the molecule is COc1cc(C(=O)CC2CCCCC2)c(OC)cc1Br. The first kappa shape index (κ1) is 15.4. The summed E-state index contributed by atoms with van der Waals surface area (Å²) >= 11 is 3.41. The van der Waals surface area contributed by atoms with E-state index in [1.165, 1.54) is 32.1 Å². The van der Waals surface area contributed by atoms with Crippen LogP contribution in [0.5, 0.6) is 11.5 Å². The Morgan fingerprint density at radius 2 is 1.80 bits per heavy atom. The molecule has 0 heterocycles. The van der Waals surface area contributed by atoms with Gasteiger partial charge in [-0.2, -0.15) is 0 Å². The van der Waals surface area contributed by atoms with Crippen molar-refractivity contribution in [1.29, 1.82) is 0 Å². The third kappa shape index (κ3) is 3.54. The predicted octanol–water partition coefficient (Wildman–Crippen LogP) is 4.62. The molecule has 0 aromatic heterocycles. The van der Waals surface area contributed by atoms with Gasteiger partial charge in [0.2, 0.25) is 0 Å². The van der Waals surface area contributed by atoms with Gasteiger partial charge in [0.05, 0.1) is 24.3 Å². The number of carbonyl (C=O) groups excluding carboxylic acids is 1. The van der Waals surface area contributed by atoms with Crippen LogP contribution in [0.2, 0.25) is 0 Å². The van der Waals surface area contributed by atoms with Gasteiger partial charge < -0.3 is 9.47 Å². The van der Waals surface area contributed by atoms with E-state index in [4.69, 9.17) is 9.47 Å². The van der Waals surface area contributed by atoms with Gasteiger partial charge in [0.15, 0.2) is 5.78 Å². The van der Waals surface area contributed by atoms with E-state index in [9.17, 15) is 4.79 Å². The van der Waals surface area contributed by atoms with Crippen LogP contribution >= 0.6 is 15.9 Å². The molecule has 0 unspecified atom stereocenters. The van der Waals surface area contributed by atoms with Crippen molar-refractivity contribution in [2.24, 2.45) is 5.92 Å². The first-order valence-corrected chi connectivity index (χ1v) is 7.89. The Hall–Kier alpha value is -1.03. The highest BCUT2D eigenvalue weighted by molar-refractivity contribution is 9.10. The fourth-order valence-corrected chi connectivity index (χ4v) is 3.33. The molecule has 1 aliphatic rings. The third-order valence-electron chi connectivity index (χ3n) is 3.97. The number of hydrogen-bond donors (Lipinski definition) is 0. The Balaban J connectivity index is 2.19. The molecule has 0 saturated heterocycles. The maximum atomic E-state index is 12.5. The Kier molecular flexibility index (Phi) is 5.46. The fourth-order valence-electron chi connectivity index (χ4n) is 2.84.